The van der Waals surface area contributed by atoms with E-state index >= 15 is 0 Å². The average Bonchev–Trinajstić information content (AvgIpc) is 3.63. The van der Waals surface area contributed by atoms with Crippen molar-refractivity contribution in [1.82, 2.24) is 20.3 Å². The fraction of sp³-hybridized carbons (Fsp3) is 0.192. The maximum absolute atomic E-state index is 13.2. The highest BCUT2D eigenvalue weighted by molar-refractivity contribution is 7.18. The van der Waals surface area contributed by atoms with Crippen LogP contribution < -0.4 is 16.0 Å². The van der Waals surface area contributed by atoms with E-state index in [9.17, 15) is 9.59 Å². The summed E-state index contributed by atoms with van der Waals surface area (Å²) < 4.78 is 0. The Morgan fingerprint density at radius 1 is 0.971 bits per heavy atom. The average molecular weight is 485 g/mol. The Balaban J connectivity index is 1.30. The second-order valence-corrected chi connectivity index (χ2v) is 9.47. The number of amides is 2. The van der Waals surface area contributed by atoms with Crippen molar-refractivity contribution in [3.8, 4) is 0 Å². The number of nitrogens with zero attached hydrogens (tertiary/aromatic N) is 3. The van der Waals surface area contributed by atoms with Crippen LogP contribution in [0.15, 0.2) is 73.3 Å². The summed E-state index contributed by atoms with van der Waals surface area (Å²) in [7, 11) is 0. The highest BCUT2D eigenvalue weighted by atomic mass is 32.1. The molecule has 0 bridgehead atoms. The van der Waals surface area contributed by atoms with Gasteiger partial charge in [-0.1, -0.05) is 30.3 Å². The molecular formula is C26H24N6O2S. The van der Waals surface area contributed by atoms with Crippen LogP contribution in [0.25, 0.3) is 0 Å². The first kappa shape index (κ1) is 22.7. The third-order valence-electron chi connectivity index (χ3n) is 5.68. The molecule has 1 aromatic carbocycles. The smallest absolute Gasteiger partial charge is 0.277 e. The maximum atomic E-state index is 13.2. The van der Waals surface area contributed by atoms with Gasteiger partial charge in [0.1, 0.15) is 6.33 Å². The highest BCUT2D eigenvalue weighted by Crippen LogP contribution is 2.40. The minimum Gasteiger partial charge on any atom is -0.351 e. The SMILES string of the molecule is C[C@@H](NC(=O)c1ccc(NC(=O)c2nc(C3CC3)ccc2Nc2cncnc2)s1)c1ccccc1. The van der Waals surface area contributed by atoms with Gasteiger partial charge in [-0.2, -0.15) is 0 Å². The van der Waals surface area contributed by atoms with Crippen molar-refractivity contribution in [3.05, 3.63) is 95.1 Å². The Morgan fingerprint density at radius 2 is 1.74 bits per heavy atom. The zero-order valence-corrected chi connectivity index (χ0v) is 19.9. The van der Waals surface area contributed by atoms with Crippen molar-refractivity contribution in [2.24, 2.45) is 0 Å². The summed E-state index contributed by atoms with van der Waals surface area (Å²) in [5, 5.41) is 9.64. The molecule has 9 heteroatoms. The molecule has 0 unspecified atom stereocenters. The highest BCUT2D eigenvalue weighted by Gasteiger charge is 2.27. The number of thiophene rings is 1. The minimum atomic E-state index is -0.349. The van der Waals surface area contributed by atoms with Crippen LogP contribution in [0.1, 0.15) is 63.1 Å². The molecule has 1 saturated carbocycles. The lowest BCUT2D eigenvalue weighted by atomic mass is 10.1. The molecule has 1 fully saturated rings. The van der Waals surface area contributed by atoms with Gasteiger partial charge in [0, 0.05) is 11.6 Å². The molecule has 4 aromatic rings. The van der Waals surface area contributed by atoms with Gasteiger partial charge in [-0.3, -0.25) is 9.59 Å². The summed E-state index contributed by atoms with van der Waals surface area (Å²) in [6.45, 7) is 1.94. The number of carbonyl (C=O) groups is 2. The molecule has 176 valence electrons. The van der Waals surface area contributed by atoms with Gasteiger partial charge in [0.2, 0.25) is 0 Å². The van der Waals surface area contributed by atoms with Gasteiger partial charge in [0.05, 0.1) is 39.7 Å². The van der Waals surface area contributed by atoms with E-state index < -0.39 is 0 Å². The standard InChI is InChI=1S/C26H24N6O2S/c1-16(17-5-3-2-4-6-17)29-25(33)22-11-12-23(35-22)32-26(34)24-21(30-19-13-27-15-28-14-19)10-9-20(31-24)18-7-8-18/h2-6,9-16,18,30H,7-8H2,1H3,(H,29,33)(H,32,34)/t16-/m1/s1. The van der Waals surface area contributed by atoms with Crippen molar-refractivity contribution in [2.45, 2.75) is 31.7 Å². The number of rotatable bonds is 8. The largest absolute Gasteiger partial charge is 0.351 e. The predicted octanol–water partition coefficient (Wildman–Crippen LogP) is 5.30. The van der Waals surface area contributed by atoms with Gasteiger partial charge in [0.15, 0.2) is 5.69 Å². The number of hydrogen-bond acceptors (Lipinski definition) is 7. The van der Waals surface area contributed by atoms with Gasteiger partial charge in [0.25, 0.3) is 11.8 Å². The summed E-state index contributed by atoms with van der Waals surface area (Å²) in [5.74, 6) is -0.134. The van der Waals surface area contributed by atoms with E-state index in [0.29, 0.717) is 27.2 Å². The molecular weight excluding hydrogens is 460 g/mol. The van der Waals surface area contributed by atoms with E-state index in [0.717, 1.165) is 24.1 Å². The van der Waals surface area contributed by atoms with Crippen molar-refractivity contribution >= 4 is 39.5 Å². The lowest BCUT2D eigenvalue weighted by Gasteiger charge is -2.13. The molecule has 3 aromatic heterocycles. The number of anilines is 3. The third-order valence-corrected chi connectivity index (χ3v) is 6.68. The molecule has 2 amide bonds. The number of hydrogen-bond donors (Lipinski definition) is 3. The zero-order valence-electron chi connectivity index (χ0n) is 19.1. The summed E-state index contributed by atoms with van der Waals surface area (Å²) >= 11 is 1.22. The number of aromatic nitrogens is 3. The lowest BCUT2D eigenvalue weighted by Crippen LogP contribution is -2.25. The van der Waals surface area contributed by atoms with Crippen molar-refractivity contribution in [2.75, 3.05) is 10.6 Å². The predicted molar refractivity (Wildman–Crippen MR) is 136 cm³/mol. The number of carbonyl (C=O) groups excluding carboxylic acids is 2. The fourth-order valence-corrected chi connectivity index (χ4v) is 4.47. The van der Waals surface area contributed by atoms with E-state index in [2.05, 4.69) is 30.9 Å². The van der Waals surface area contributed by atoms with E-state index in [1.54, 1.807) is 24.5 Å². The van der Waals surface area contributed by atoms with Gasteiger partial charge in [-0.15, -0.1) is 11.3 Å². The van der Waals surface area contributed by atoms with E-state index in [1.165, 1.54) is 17.7 Å². The minimum absolute atomic E-state index is 0.131. The van der Waals surface area contributed by atoms with Crippen LogP contribution in [0.3, 0.4) is 0 Å². The third kappa shape index (κ3) is 5.52. The molecule has 0 radical (unpaired) electrons. The second kappa shape index (κ2) is 10.0. The maximum Gasteiger partial charge on any atom is 0.277 e. The fourth-order valence-electron chi connectivity index (χ4n) is 3.66. The summed E-state index contributed by atoms with van der Waals surface area (Å²) in [5.41, 5.74) is 3.44. The van der Waals surface area contributed by atoms with Gasteiger partial charge >= 0.3 is 0 Å². The van der Waals surface area contributed by atoms with Crippen molar-refractivity contribution in [1.29, 1.82) is 0 Å². The van der Waals surface area contributed by atoms with E-state index in [4.69, 9.17) is 0 Å². The Labute approximate surface area is 206 Å². The molecule has 3 N–H and O–H groups in total. The monoisotopic (exact) mass is 484 g/mol. The van der Waals surface area contributed by atoms with Gasteiger partial charge in [-0.05, 0) is 49.6 Å². The lowest BCUT2D eigenvalue weighted by molar-refractivity contribution is 0.0943. The first-order valence-electron chi connectivity index (χ1n) is 11.4. The molecule has 3 heterocycles. The topological polar surface area (TPSA) is 109 Å². The number of benzene rings is 1. The van der Waals surface area contributed by atoms with Crippen molar-refractivity contribution < 1.29 is 9.59 Å². The molecule has 0 saturated heterocycles. The quantitative estimate of drug-likeness (QED) is 0.313. The normalized spacial score (nSPS) is 13.6. The Morgan fingerprint density at radius 3 is 2.49 bits per heavy atom. The van der Waals surface area contributed by atoms with Crippen LogP contribution in [-0.2, 0) is 0 Å². The summed E-state index contributed by atoms with van der Waals surface area (Å²) in [6, 6.07) is 16.9. The zero-order chi connectivity index (χ0) is 24.2. The Hall–Kier alpha value is -4.11. The Bertz CT molecular complexity index is 1340. The molecule has 1 atom stereocenters. The van der Waals surface area contributed by atoms with Gasteiger partial charge in [-0.25, -0.2) is 15.0 Å². The number of pyridine rings is 1. The van der Waals surface area contributed by atoms with Crippen LogP contribution in [-0.4, -0.2) is 26.8 Å². The van der Waals surface area contributed by atoms with Crippen LogP contribution in [0, 0.1) is 0 Å². The number of nitrogens with one attached hydrogen (secondary N) is 3. The molecule has 5 rings (SSSR count). The van der Waals surface area contributed by atoms with Crippen LogP contribution in [0.4, 0.5) is 16.4 Å². The summed E-state index contributed by atoms with van der Waals surface area (Å²) in [6.07, 6.45) is 6.86. The van der Waals surface area contributed by atoms with Crippen LogP contribution >= 0.6 is 11.3 Å². The molecule has 0 aliphatic heterocycles. The first-order chi connectivity index (χ1) is 17.1. The second-order valence-electron chi connectivity index (χ2n) is 8.38. The summed E-state index contributed by atoms with van der Waals surface area (Å²) in [4.78, 5) is 39.1. The van der Waals surface area contributed by atoms with E-state index in [-0.39, 0.29) is 23.6 Å². The molecule has 1 aliphatic rings. The van der Waals surface area contributed by atoms with E-state index in [1.807, 2.05) is 49.4 Å². The Kier molecular flexibility index (Phi) is 6.49. The van der Waals surface area contributed by atoms with Crippen LogP contribution in [0.2, 0.25) is 0 Å². The molecule has 8 nitrogen and oxygen atoms in total. The van der Waals surface area contributed by atoms with Gasteiger partial charge < -0.3 is 16.0 Å². The molecule has 1 aliphatic carbocycles. The van der Waals surface area contributed by atoms with Crippen molar-refractivity contribution in [3.63, 3.8) is 0 Å². The first-order valence-corrected chi connectivity index (χ1v) is 12.2. The molecule has 35 heavy (non-hydrogen) atoms. The molecule has 0 spiro atoms. The van der Waals surface area contributed by atoms with Crippen LogP contribution in [0.5, 0.6) is 0 Å².